The molecule has 1 aromatic heterocycles. The Bertz CT molecular complexity index is 1110. The number of methoxy groups -OCH3 is 1. The lowest BCUT2D eigenvalue weighted by atomic mass is 10.1. The zero-order chi connectivity index (χ0) is 19.3. The zero-order valence-electron chi connectivity index (χ0n) is 15.3. The molecule has 0 saturated heterocycles. The van der Waals surface area contributed by atoms with Crippen LogP contribution < -0.4 is 10.1 Å². The fourth-order valence-corrected chi connectivity index (χ4v) is 3.74. The Kier molecular flexibility index (Phi) is 5.17. The smallest absolute Gasteiger partial charge is 0.259 e. The van der Waals surface area contributed by atoms with Crippen LogP contribution in [0.1, 0.15) is 10.4 Å². The first-order valence-electron chi connectivity index (χ1n) is 8.80. The monoisotopic (exact) mass is 386 g/mol. The number of anilines is 1. The van der Waals surface area contributed by atoms with Crippen molar-refractivity contribution in [2.45, 2.75) is 0 Å². The van der Waals surface area contributed by atoms with E-state index in [1.165, 1.54) is 0 Å². The van der Waals surface area contributed by atoms with Crippen molar-refractivity contribution < 1.29 is 9.53 Å². The first-order valence-corrected chi connectivity index (χ1v) is 9.68. The number of aromatic nitrogens is 1. The van der Waals surface area contributed by atoms with Crippen LogP contribution in [0.3, 0.4) is 0 Å². The summed E-state index contributed by atoms with van der Waals surface area (Å²) in [6, 6.07) is 24.9. The standard InChI is InChI=1S/C23H18N2O2S/c1-27-21-13-6-5-12-19(21)22(26)24-18-11-7-10-17(14-18)20-15-28-23(25-20)16-8-3-2-4-9-16/h2-15H,1H3,(H,24,26). The van der Waals surface area contributed by atoms with Gasteiger partial charge in [0.15, 0.2) is 0 Å². The highest BCUT2D eigenvalue weighted by Crippen LogP contribution is 2.30. The number of hydrogen-bond donors (Lipinski definition) is 1. The van der Waals surface area contributed by atoms with E-state index >= 15 is 0 Å². The van der Waals surface area contributed by atoms with Gasteiger partial charge >= 0.3 is 0 Å². The van der Waals surface area contributed by atoms with Gasteiger partial charge in [-0.1, -0.05) is 54.6 Å². The molecule has 4 rings (SSSR count). The number of ether oxygens (including phenoxy) is 1. The number of nitrogens with zero attached hydrogens (tertiary/aromatic N) is 1. The molecule has 1 N–H and O–H groups in total. The second kappa shape index (κ2) is 8.06. The van der Waals surface area contributed by atoms with Crippen LogP contribution in [-0.4, -0.2) is 18.0 Å². The maximum atomic E-state index is 12.6. The summed E-state index contributed by atoms with van der Waals surface area (Å²) >= 11 is 1.60. The summed E-state index contributed by atoms with van der Waals surface area (Å²) in [6.07, 6.45) is 0. The Morgan fingerprint density at radius 2 is 1.68 bits per heavy atom. The molecule has 0 fully saturated rings. The molecule has 3 aromatic carbocycles. The number of carbonyl (C=O) groups excluding carboxylic acids is 1. The summed E-state index contributed by atoms with van der Waals surface area (Å²) in [5.41, 5.74) is 4.14. The van der Waals surface area contributed by atoms with Gasteiger partial charge < -0.3 is 10.1 Å². The van der Waals surface area contributed by atoms with Gasteiger partial charge in [-0.2, -0.15) is 0 Å². The van der Waals surface area contributed by atoms with Gasteiger partial charge in [0.2, 0.25) is 0 Å². The predicted octanol–water partition coefficient (Wildman–Crippen LogP) is 5.74. The lowest BCUT2D eigenvalue weighted by Crippen LogP contribution is -2.13. The van der Waals surface area contributed by atoms with Gasteiger partial charge in [-0.05, 0) is 24.3 Å². The van der Waals surface area contributed by atoms with Crippen molar-refractivity contribution in [3.63, 3.8) is 0 Å². The fourth-order valence-electron chi connectivity index (χ4n) is 2.91. The molecule has 0 bridgehead atoms. The summed E-state index contributed by atoms with van der Waals surface area (Å²) in [5, 5.41) is 5.94. The minimum atomic E-state index is -0.210. The molecule has 1 heterocycles. The van der Waals surface area contributed by atoms with Crippen molar-refractivity contribution in [2.75, 3.05) is 12.4 Å². The molecule has 28 heavy (non-hydrogen) atoms. The highest BCUT2D eigenvalue weighted by molar-refractivity contribution is 7.13. The van der Waals surface area contributed by atoms with Crippen LogP contribution in [0.4, 0.5) is 5.69 Å². The van der Waals surface area contributed by atoms with Crippen LogP contribution in [0.5, 0.6) is 5.75 Å². The van der Waals surface area contributed by atoms with Crippen molar-refractivity contribution in [2.24, 2.45) is 0 Å². The topological polar surface area (TPSA) is 51.2 Å². The van der Waals surface area contributed by atoms with Crippen molar-refractivity contribution in [1.29, 1.82) is 0 Å². The Morgan fingerprint density at radius 1 is 0.929 bits per heavy atom. The molecule has 0 spiro atoms. The molecule has 0 aliphatic rings. The lowest BCUT2D eigenvalue weighted by Gasteiger charge is -2.09. The number of amides is 1. The van der Waals surface area contributed by atoms with E-state index in [2.05, 4.69) is 5.32 Å². The number of carbonyl (C=O) groups is 1. The predicted molar refractivity (Wildman–Crippen MR) is 114 cm³/mol. The number of nitrogens with one attached hydrogen (secondary N) is 1. The van der Waals surface area contributed by atoms with E-state index in [9.17, 15) is 4.79 Å². The highest BCUT2D eigenvalue weighted by Gasteiger charge is 2.12. The minimum absolute atomic E-state index is 0.210. The minimum Gasteiger partial charge on any atom is -0.496 e. The van der Waals surface area contributed by atoms with Crippen LogP contribution in [0.15, 0.2) is 84.2 Å². The van der Waals surface area contributed by atoms with Crippen molar-refractivity contribution in [3.8, 4) is 27.6 Å². The third kappa shape index (κ3) is 3.80. The summed E-state index contributed by atoms with van der Waals surface area (Å²) in [5.74, 6) is 0.334. The number of para-hydroxylation sites is 1. The quantitative estimate of drug-likeness (QED) is 0.476. The Hall–Kier alpha value is -3.44. The van der Waals surface area contributed by atoms with Gasteiger partial charge in [-0.25, -0.2) is 4.98 Å². The van der Waals surface area contributed by atoms with E-state index in [0.717, 1.165) is 21.8 Å². The second-order valence-corrected chi connectivity index (χ2v) is 7.00. The van der Waals surface area contributed by atoms with E-state index in [1.54, 1.807) is 30.6 Å². The molecule has 138 valence electrons. The van der Waals surface area contributed by atoms with E-state index in [0.29, 0.717) is 17.0 Å². The molecular weight excluding hydrogens is 368 g/mol. The van der Waals surface area contributed by atoms with Gasteiger partial charge in [-0.3, -0.25) is 4.79 Å². The van der Waals surface area contributed by atoms with Gasteiger partial charge in [0.1, 0.15) is 10.8 Å². The normalized spacial score (nSPS) is 10.5. The number of rotatable bonds is 5. The Morgan fingerprint density at radius 3 is 2.50 bits per heavy atom. The maximum absolute atomic E-state index is 12.6. The van der Waals surface area contributed by atoms with Gasteiger partial charge in [0.25, 0.3) is 5.91 Å². The van der Waals surface area contributed by atoms with Gasteiger partial charge in [0.05, 0.1) is 18.4 Å². The summed E-state index contributed by atoms with van der Waals surface area (Å²) in [6.45, 7) is 0. The zero-order valence-corrected chi connectivity index (χ0v) is 16.1. The average Bonchev–Trinajstić information content (AvgIpc) is 3.25. The van der Waals surface area contributed by atoms with Crippen molar-refractivity contribution in [1.82, 2.24) is 4.98 Å². The first-order chi connectivity index (χ1) is 13.7. The molecule has 0 radical (unpaired) electrons. The van der Waals surface area contributed by atoms with E-state index in [1.807, 2.05) is 72.1 Å². The number of thiazole rings is 1. The largest absolute Gasteiger partial charge is 0.496 e. The summed E-state index contributed by atoms with van der Waals surface area (Å²) in [7, 11) is 1.55. The number of hydrogen-bond acceptors (Lipinski definition) is 4. The van der Waals surface area contributed by atoms with Crippen LogP contribution in [0.25, 0.3) is 21.8 Å². The van der Waals surface area contributed by atoms with Gasteiger partial charge in [0, 0.05) is 22.2 Å². The molecule has 0 saturated carbocycles. The van der Waals surface area contributed by atoms with Crippen LogP contribution in [0.2, 0.25) is 0 Å². The maximum Gasteiger partial charge on any atom is 0.259 e. The SMILES string of the molecule is COc1ccccc1C(=O)Nc1cccc(-c2csc(-c3ccccc3)n2)c1. The highest BCUT2D eigenvalue weighted by atomic mass is 32.1. The van der Waals surface area contributed by atoms with Crippen LogP contribution in [-0.2, 0) is 0 Å². The van der Waals surface area contributed by atoms with Crippen molar-refractivity contribution >= 4 is 22.9 Å². The molecule has 0 aliphatic carbocycles. The Balaban J connectivity index is 1.57. The number of benzene rings is 3. The third-order valence-electron chi connectivity index (χ3n) is 4.29. The average molecular weight is 386 g/mol. The lowest BCUT2D eigenvalue weighted by molar-refractivity contribution is 0.102. The first kappa shape index (κ1) is 17.9. The molecule has 4 nitrogen and oxygen atoms in total. The van der Waals surface area contributed by atoms with E-state index in [-0.39, 0.29) is 5.91 Å². The van der Waals surface area contributed by atoms with Crippen molar-refractivity contribution in [3.05, 3.63) is 89.8 Å². The molecule has 0 atom stereocenters. The molecular formula is C23H18N2O2S. The second-order valence-electron chi connectivity index (χ2n) is 6.14. The molecule has 0 aliphatic heterocycles. The third-order valence-corrected chi connectivity index (χ3v) is 5.18. The fraction of sp³-hybridized carbons (Fsp3) is 0.0435. The Labute approximate surface area is 167 Å². The van der Waals surface area contributed by atoms with Crippen LogP contribution in [0, 0.1) is 0 Å². The molecule has 0 unspecified atom stereocenters. The van der Waals surface area contributed by atoms with E-state index in [4.69, 9.17) is 9.72 Å². The summed E-state index contributed by atoms with van der Waals surface area (Å²) < 4.78 is 5.27. The molecule has 5 heteroatoms. The summed E-state index contributed by atoms with van der Waals surface area (Å²) in [4.78, 5) is 17.4. The molecule has 1 amide bonds. The molecule has 4 aromatic rings. The van der Waals surface area contributed by atoms with Crippen LogP contribution >= 0.6 is 11.3 Å². The van der Waals surface area contributed by atoms with E-state index < -0.39 is 0 Å². The van der Waals surface area contributed by atoms with Gasteiger partial charge in [-0.15, -0.1) is 11.3 Å².